The Kier molecular flexibility index (Phi) is 3.29. The number of aryl methyl sites for hydroxylation is 1. The van der Waals surface area contributed by atoms with Crippen LogP contribution in [0.25, 0.3) is 22.3 Å². The molecular formula is C15H8ClF3N2. The lowest BCUT2D eigenvalue weighted by Crippen LogP contribution is -1.96. The molecule has 2 aromatic carbocycles. The maximum atomic E-state index is 13.8. The van der Waals surface area contributed by atoms with E-state index >= 15 is 0 Å². The quantitative estimate of drug-likeness (QED) is 0.610. The molecule has 1 heterocycles. The molecular weight excluding hydrogens is 301 g/mol. The Bertz CT molecular complexity index is 865. The number of halogens is 4. The van der Waals surface area contributed by atoms with Crippen LogP contribution in [-0.2, 0) is 0 Å². The van der Waals surface area contributed by atoms with Crippen molar-refractivity contribution in [2.45, 2.75) is 6.92 Å². The van der Waals surface area contributed by atoms with Crippen molar-refractivity contribution in [2.24, 2.45) is 0 Å². The first-order chi connectivity index (χ1) is 9.95. The van der Waals surface area contributed by atoms with Crippen LogP contribution in [0.5, 0.6) is 0 Å². The van der Waals surface area contributed by atoms with Gasteiger partial charge >= 0.3 is 0 Å². The third-order valence-corrected chi connectivity index (χ3v) is 3.39. The number of aromatic nitrogens is 2. The minimum atomic E-state index is -0.807. The zero-order chi connectivity index (χ0) is 15.1. The fourth-order valence-electron chi connectivity index (χ4n) is 2.01. The molecule has 1 aromatic heterocycles. The number of hydrogen-bond donors (Lipinski definition) is 0. The molecule has 0 unspecified atom stereocenters. The van der Waals surface area contributed by atoms with E-state index in [0.29, 0.717) is 10.9 Å². The van der Waals surface area contributed by atoms with Gasteiger partial charge in [-0.05, 0) is 30.7 Å². The second-order valence-corrected chi connectivity index (χ2v) is 4.94. The second-order valence-electron chi connectivity index (χ2n) is 4.58. The number of benzene rings is 2. The Labute approximate surface area is 123 Å². The summed E-state index contributed by atoms with van der Waals surface area (Å²) in [4.78, 5) is 8.10. The van der Waals surface area contributed by atoms with Gasteiger partial charge in [0.05, 0.1) is 11.1 Å². The minimum absolute atomic E-state index is 0.00110. The van der Waals surface area contributed by atoms with E-state index in [-0.39, 0.29) is 22.1 Å². The van der Waals surface area contributed by atoms with Crippen LogP contribution in [0.4, 0.5) is 13.2 Å². The van der Waals surface area contributed by atoms with Crippen LogP contribution < -0.4 is 0 Å². The Morgan fingerprint density at radius 3 is 2.43 bits per heavy atom. The monoisotopic (exact) mass is 308 g/mol. The summed E-state index contributed by atoms with van der Waals surface area (Å²) in [5.74, 6) is -1.97. The lowest BCUT2D eigenvalue weighted by atomic mass is 10.1. The molecule has 0 radical (unpaired) electrons. The minimum Gasteiger partial charge on any atom is -0.228 e. The van der Waals surface area contributed by atoms with Crippen LogP contribution in [-0.4, -0.2) is 9.97 Å². The van der Waals surface area contributed by atoms with Gasteiger partial charge in [-0.25, -0.2) is 23.1 Å². The third-order valence-electron chi connectivity index (χ3n) is 3.10. The van der Waals surface area contributed by atoms with Gasteiger partial charge in [0.25, 0.3) is 0 Å². The first-order valence-electron chi connectivity index (χ1n) is 6.04. The summed E-state index contributed by atoms with van der Waals surface area (Å²) < 4.78 is 40.3. The fraction of sp³-hybridized carbons (Fsp3) is 0.0667. The van der Waals surface area contributed by atoms with Gasteiger partial charge in [-0.2, -0.15) is 0 Å². The van der Waals surface area contributed by atoms with Crippen molar-refractivity contribution >= 4 is 22.5 Å². The maximum Gasteiger partial charge on any atom is 0.164 e. The largest absolute Gasteiger partial charge is 0.228 e. The van der Waals surface area contributed by atoms with E-state index in [1.807, 2.05) is 0 Å². The average Bonchev–Trinajstić information content (AvgIpc) is 2.41. The summed E-state index contributed by atoms with van der Waals surface area (Å²) in [5.41, 5.74) is 0.673. The molecule has 3 rings (SSSR count). The number of nitrogens with zero attached hydrogens (tertiary/aromatic N) is 2. The van der Waals surface area contributed by atoms with E-state index in [1.54, 1.807) is 6.92 Å². The Balaban J connectivity index is 2.27. The van der Waals surface area contributed by atoms with E-state index in [0.717, 1.165) is 12.1 Å². The van der Waals surface area contributed by atoms with Crippen LogP contribution in [0.15, 0.2) is 30.3 Å². The van der Waals surface area contributed by atoms with E-state index < -0.39 is 17.5 Å². The molecule has 2 nitrogen and oxygen atoms in total. The predicted octanol–water partition coefficient (Wildman–Crippen LogP) is 4.68. The Hall–Kier alpha value is -2.14. The molecule has 0 fully saturated rings. The standard InChI is InChI=1S/C15H8ClF3N2/c1-7-4-10-13(6-11(7)18)20-15(21-14(10)16)9-3-2-8(17)5-12(9)19/h2-6H,1H3. The van der Waals surface area contributed by atoms with Gasteiger partial charge < -0.3 is 0 Å². The first-order valence-corrected chi connectivity index (χ1v) is 6.42. The van der Waals surface area contributed by atoms with Crippen molar-refractivity contribution in [3.8, 4) is 11.4 Å². The molecule has 0 atom stereocenters. The van der Waals surface area contributed by atoms with Gasteiger partial charge in [-0.3, -0.25) is 0 Å². The number of fused-ring (bicyclic) bond motifs is 1. The topological polar surface area (TPSA) is 25.8 Å². The normalized spacial score (nSPS) is 11.1. The van der Waals surface area contributed by atoms with Crippen LogP contribution in [0, 0.1) is 24.4 Å². The van der Waals surface area contributed by atoms with E-state index in [4.69, 9.17) is 11.6 Å². The van der Waals surface area contributed by atoms with Gasteiger partial charge in [0.15, 0.2) is 5.82 Å². The molecule has 0 N–H and O–H groups in total. The van der Waals surface area contributed by atoms with Gasteiger partial charge in [0.2, 0.25) is 0 Å². The smallest absolute Gasteiger partial charge is 0.164 e. The SMILES string of the molecule is Cc1cc2c(Cl)nc(-c3ccc(F)cc3F)nc2cc1F. The van der Waals surface area contributed by atoms with Crippen LogP contribution in [0.3, 0.4) is 0 Å². The highest BCUT2D eigenvalue weighted by Crippen LogP contribution is 2.28. The molecule has 106 valence electrons. The highest BCUT2D eigenvalue weighted by atomic mass is 35.5. The van der Waals surface area contributed by atoms with Crippen molar-refractivity contribution < 1.29 is 13.2 Å². The predicted molar refractivity (Wildman–Crippen MR) is 74.6 cm³/mol. The lowest BCUT2D eigenvalue weighted by Gasteiger charge is -2.07. The van der Waals surface area contributed by atoms with E-state index in [1.165, 1.54) is 18.2 Å². The van der Waals surface area contributed by atoms with Crippen LogP contribution in [0.1, 0.15) is 5.56 Å². The molecule has 0 aliphatic rings. The summed E-state index contributed by atoms with van der Waals surface area (Å²) in [7, 11) is 0. The molecule has 0 aliphatic carbocycles. The molecule has 0 amide bonds. The van der Waals surface area contributed by atoms with Crippen molar-refractivity contribution in [1.29, 1.82) is 0 Å². The van der Waals surface area contributed by atoms with Crippen LogP contribution in [0.2, 0.25) is 5.15 Å². The summed E-state index contributed by atoms with van der Waals surface area (Å²) in [5, 5.41) is 0.559. The van der Waals surface area contributed by atoms with Gasteiger partial charge in [-0.1, -0.05) is 11.6 Å². The highest BCUT2D eigenvalue weighted by molar-refractivity contribution is 6.34. The zero-order valence-corrected chi connectivity index (χ0v) is 11.5. The molecule has 3 aromatic rings. The van der Waals surface area contributed by atoms with E-state index in [9.17, 15) is 13.2 Å². The van der Waals surface area contributed by atoms with Crippen molar-refractivity contribution in [3.05, 3.63) is 58.5 Å². The lowest BCUT2D eigenvalue weighted by molar-refractivity contribution is 0.585. The number of rotatable bonds is 1. The molecule has 0 aliphatic heterocycles. The average molecular weight is 309 g/mol. The molecule has 6 heteroatoms. The first kappa shape index (κ1) is 13.8. The van der Waals surface area contributed by atoms with Gasteiger partial charge in [0.1, 0.15) is 22.6 Å². The van der Waals surface area contributed by atoms with Gasteiger partial charge in [0, 0.05) is 17.5 Å². The summed E-state index contributed by atoms with van der Waals surface area (Å²) >= 11 is 6.05. The van der Waals surface area contributed by atoms with Crippen molar-refractivity contribution in [3.63, 3.8) is 0 Å². The fourth-order valence-corrected chi connectivity index (χ4v) is 2.24. The second kappa shape index (κ2) is 5.00. The zero-order valence-electron chi connectivity index (χ0n) is 10.8. The molecule has 21 heavy (non-hydrogen) atoms. The maximum absolute atomic E-state index is 13.8. The summed E-state index contributed by atoms with van der Waals surface area (Å²) in [6, 6.07) is 5.77. The van der Waals surface area contributed by atoms with Crippen molar-refractivity contribution in [2.75, 3.05) is 0 Å². The third kappa shape index (κ3) is 2.45. The highest BCUT2D eigenvalue weighted by Gasteiger charge is 2.14. The van der Waals surface area contributed by atoms with Crippen molar-refractivity contribution in [1.82, 2.24) is 9.97 Å². The molecule has 0 bridgehead atoms. The van der Waals surface area contributed by atoms with E-state index in [2.05, 4.69) is 9.97 Å². The Morgan fingerprint density at radius 1 is 0.952 bits per heavy atom. The number of hydrogen-bond acceptors (Lipinski definition) is 2. The molecule has 0 spiro atoms. The van der Waals surface area contributed by atoms with Crippen LogP contribution >= 0.6 is 11.6 Å². The van der Waals surface area contributed by atoms with Gasteiger partial charge in [-0.15, -0.1) is 0 Å². The summed E-state index contributed by atoms with van der Waals surface area (Å²) in [6.45, 7) is 1.60. The Morgan fingerprint density at radius 2 is 1.71 bits per heavy atom. The molecule has 0 saturated heterocycles. The summed E-state index contributed by atoms with van der Waals surface area (Å²) in [6.07, 6.45) is 0. The molecule has 0 saturated carbocycles.